The predicted molar refractivity (Wildman–Crippen MR) is 142 cm³/mol. The fourth-order valence-electron chi connectivity index (χ4n) is 3.14. The molecule has 210 valence electrons. The minimum Gasteiger partial charge on any atom is -0.392 e. The van der Waals surface area contributed by atoms with Gasteiger partial charge in [0, 0.05) is 24.6 Å². The normalized spacial score (nSPS) is 12.5. The van der Waals surface area contributed by atoms with Gasteiger partial charge in [-0.1, -0.05) is 34.1 Å². The van der Waals surface area contributed by atoms with Gasteiger partial charge in [0.25, 0.3) is 0 Å². The van der Waals surface area contributed by atoms with Crippen LogP contribution >= 0.6 is 0 Å². The third-order valence-electron chi connectivity index (χ3n) is 4.52. The number of aliphatic hydroxyl groups is 2. The average Bonchev–Trinajstić information content (AvgIpc) is 3.16. The number of halogens is 3. The van der Waals surface area contributed by atoms with Gasteiger partial charge in [-0.3, -0.25) is 9.98 Å². The van der Waals surface area contributed by atoms with Crippen LogP contribution in [0.15, 0.2) is 38.3 Å². The molecule has 0 unspecified atom stereocenters. The molecule has 0 aliphatic rings. The molecule has 3 N–H and O–H groups in total. The zero-order valence-electron chi connectivity index (χ0n) is 22.2. The number of nitrogens with one attached hydrogen (secondary N) is 1. The smallest absolute Gasteiger partial charge is 0.392 e. The van der Waals surface area contributed by atoms with Crippen molar-refractivity contribution in [2.24, 2.45) is 9.98 Å². The number of aromatic nitrogens is 2. The molecule has 0 bridgehead atoms. The molecule has 0 radical (unpaired) electrons. The van der Waals surface area contributed by atoms with Crippen LogP contribution in [0, 0.1) is 0 Å². The van der Waals surface area contributed by atoms with E-state index in [9.17, 15) is 31.8 Å². The maximum atomic E-state index is 12.9. The molecule has 0 spiro atoms. The van der Waals surface area contributed by atoms with Crippen molar-refractivity contribution in [3.63, 3.8) is 0 Å². The van der Waals surface area contributed by atoms with Crippen LogP contribution in [0.1, 0.15) is 45.5 Å². The number of imidazole rings is 1. The zero-order valence-corrected chi connectivity index (χ0v) is 23.0. The summed E-state index contributed by atoms with van der Waals surface area (Å²) in [6.07, 6.45) is -1.61. The van der Waals surface area contributed by atoms with E-state index in [1.165, 1.54) is 18.6 Å². The summed E-state index contributed by atoms with van der Waals surface area (Å²) in [4.78, 5) is 11.3. The molecular weight excluding hydrogens is 511 g/mol. The fourth-order valence-corrected chi connectivity index (χ4v) is 4.06. The van der Waals surface area contributed by atoms with Gasteiger partial charge in [0.15, 0.2) is 15.5 Å². The summed E-state index contributed by atoms with van der Waals surface area (Å²) in [6.45, 7) is 10.3. The molecule has 1 heterocycles. The first-order valence-electron chi connectivity index (χ1n) is 11.7. The third kappa shape index (κ3) is 9.99. The van der Waals surface area contributed by atoms with Crippen LogP contribution in [0.4, 0.5) is 13.2 Å². The van der Waals surface area contributed by atoms with Crippen molar-refractivity contribution < 1.29 is 31.8 Å². The predicted octanol–water partition coefficient (Wildman–Crippen LogP) is 3.67. The van der Waals surface area contributed by atoms with E-state index in [0.29, 0.717) is 23.4 Å². The van der Waals surface area contributed by atoms with Gasteiger partial charge in [-0.15, -0.1) is 0 Å². The van der Waals surface area contributed by atoms with Crippen molar-refractivity contribution in [1.82, 2.24) is 14.9 Å². The van der Waals surface area contributed by atoms with Gasteiger partial charge in [-0.05, 0) is 31.5 Å². The lowest BCUT2D eigenvalue weighted by molar-refractivity contribution is -0.0931. The summed E-state index contributed by atoms with van der Waals surface area (Å²) in [7, 11) is -1.93. The Hall–Kier alpha value is -2.61. The highest BCUT2D eigenvalue weighted by atomic mass is 32.2. The number of benzene rings is 1. The molecular formula is C24H38F3N5O4S. The van der Waals surface area contributed by atoms with Crippen molar-refractivity contribution in [3.8, 4) is 0 Å². The highest BCUT2D eigenvalue weighted by Crippen LogP contribution is 2.28. The van der Waals surface area contributed by atoms with E-state index in [1.54, 1.807) is 11.6 Å². The largest absolute Gasteiger partial charge is 0.433 e. The first kappa shape index (κ1) is 34.4. The first-order chi connectivity index (χ1) is 17.4. The summed E-state index contributed by atoms with van der Waals surface area (Å²) in [5, 5.41) is 21.7. The molecule has 0 aliphatic carbocycles. The first-order valence-corrected chi connectivity index (χ1v) is 13.6. The van der Waals surface area contributed by atoms with E-state index in [4.69, 9.17) is 0 Å². The monoisotopic (exact) mass is 549 g/mol. The van der Waals surface area contributed by atoms with Gasteiger partial charge in [-0.25, -0.2) is 13.4 Å². The number of sulfone groups is 1. The van der Waals surface area contributed by atoms with Crippen LogP contribution in [-0.4, -0.2) is 73.7 Å². The Morgan fingerprint density at radius 3 is 2.27 bits per heavy atom. The van der Waals surface area contributed by atoms with E-state index in [0.717, 1.165) is 12.5 Å². The molecule has 0 saturated heterocycles. The summed E-state index contributed by atoms with van der Waals surface area (Å²) in [6, 6.07) is 2.90. The van der Waals surface area contributed by atoms with Crippen molar-refractivity contribution in [2.75, 3.05) is 26.5 Å². The van der Waals surface area contributed by atoms with Crippen LogP contribution in [0.2, 0.25) is 0 Å². The molecule has 1 aromatic carbocycles. The number of aliphatic imine (C=N–C) groups is 2. The quantitative estimate of drug-likeness (QED) is 0.388. The Morgan fingerprint density at radius 1 is 1.24 bits per heavy atom. The van der Waals surface area contributed by atoms with Crippen molar-refractivity contribution in [3.05, 3.63) is 34.8 Å². The summed E-state index contributed by atoms with van der Waals surface area (Å²) < 4.78 is 64.8. The molecule has 0 amide bonds. The molecule has 0 atom stereocenters. The Bertz CT molecular complexity index is 1170. The van der Waals surface area contributed by atoms with Crippen molar-refractivity contribution in [2.45, 2.75) is 64.9 Å². The number of alkyl halides is 3. The van der Waals surface area contributed by atoms with Crippen molar-refractivity contribution >= 4 is 33.8 Å². The SMILES string of the molecule is C=N/C(=C(\C=NCCn1c(CNC)nc2cc(CO)c(S(C)(=O)=O)cc21)CO)C(F)(F)F.CC.CCC. The molecule has 0 saturated carbocycles. The van der Waals surface area contributed by atoms with Crippen LogP contribution in [0.25, 0.3) is 11.0 Å². The molecule has 9 nitrogen and oxygen atoms in total. The van der Waals surface area contributed by atoms with E-state index in [1.807, 2.05) is 13.8 Å². The lowest BCUT2D eigenvalue weighted by Crippen LogP contribution is -2.15. The Balaban J connectivity index is 0.00000241. The molecule has 2 rings (SSSR count). The van der Waals surface area contributed by atoms with Crippen LogP contribution in [-0.2, 0) is 29.5 Å². The lowest BCUT2D eigenvalue weighted by atomic mass is 10.2. The number of fused-ring (bicyclic) bond motifs is 1. The second-order valence-electron chi connectivity index (χ2n) is 7.52. The number of nitrogens with zero attached hydrogens (tertiary/aromatic N) is 4. The molecule has 37 heavy (non-hydrogen) atoms. The van der Waals surface area contributed by atoms with Gasteiger partial charge in [0.05, 0.1) is 42.2 Å². The summed E-state index contributed by atoms with van der Waals surface area (Å²) in [5.74, 6) is 0.550. The van der Waals surface area contributed by atoms with Crippen LogP contribution in [0.5, 0.6) is 0 Å². The number of hydrogen-bond donors (Lipinski definition) is 3. The number of aliphatic hydroxyl groups excluding tert-OH is 2. The average molecular weight is 550 g/mol. The summed E-state index contributed by atoms with van der Waals surface area (Å²) in [5.41, 5.74) is -0.688. The van der Waals surface area contributed by atoms with Gasteiger partial charge in [-0.2, -0.15) is 13.2 Å². The summed E-state index contributed by atoms with van der Waals surface area (Å²) >= 11 is 0. The van der Waals surface area contributed by atoms with Gasteiger partial charge >= 0.3 is 6.18 Å². The third-order valence-corrected chi connectivity index (χ3v) is 5.69. The fraction of sp³-hybridized carbons (Fsp3) is 0.542. The number of rotatable bonds is 10. The zero-order chi connectivity index (χ0) is 28.8. The Labute approximate surface area is 216 Å². The molecule has 1 aromatic heterocycles. The van der Waals surface area contributed by atoms with Gasteiger partial charge in [0.1, 0.15) is 5.82 Å². The molecule has 0 fully saturated rings. The maximum absolute atomic E-state index is 12.9. The highest BCUT2D eigenvalue weighted by Gasteiger charge is 2.35. The van der Waals surface area contributed by atoms with Crippen molar-refractivity contribution in [1.29, 1.82) is 0 Å². The van der Waals surface area contributed by atoms with Gasteiger partial charge < -0.3 is 20.1 Å². The van der Waals surface area contributed by atoms with E-state index >= 15 is 0 Å². The molecule has 13 heteroatoms. The Morgan fingerprint density at radius 2 is 1.84 bits per heavy atom. The van der Waals surface area contributed by atoms with Gasteiger partial charge in [0.2, 0.25) is 0 Å². The second kappa shape index (κ2) is 16.3. The highest BCUT2D eigenvalue weighted by molar-refractivity contribution is 7.90. The molecule has 2 aromatic rings. The molecule has 0 aliphatic heterocycles. The minimum absolute atomic E-state index is 0.0178. The number of hydrogen-bond acceptors (Lipinski definition) is 8. The van der Waals surface area contributed by atoms with Crippen LogP contribution in [0.3, 0.4) is 0 Å². The maximum Gasteiger partial charge on any atom is 0.433 e. The topological polar surface area (TPSA) is 129 Å². The van der Waals surface area contributed by atoms with Crippen LogP contribution < -0.4 is 5.32 Å². The lowest BCUT2D eigenvalue weighted by Gasteiger charge is -2.11. The number of allylic oxidation sites excluding steroid dienone is 1. The minimum atomic E-state index is -4.78. The van der Waals surface area contributed by atoms with E-state index < -0.39 is 40.5 Å². The van der Waals surface area contributed by atoms with E-state index in [2.05, 4.69) is 40.9 Å². The second-order valence-corrected chi connectivity index (χ2v) is 9.50. The van der Waals surface area contributed by atoms with E-state index in [-0.39, 0.29) is 23.5 Å². The standard InChI is InChI=1S/C19H24F3N5O4S.C3H8.C2H6/c1-23-9-17-26-14-6-12(10-28)16(32(3,30)31)7-15(14)27(17)5-4-25-8-13(11-29)18(24-2)19(20,21)22;1-3-2;1-2/h6-8,23,28-29H,2,4-5,9-11H2,1,3H3;3H2,1-2H3;1-2H3/b18-13+,25-8?;;. The Kier molecular flexibility index (Phi) is 15.1.